The zero-order chi connectivity index (χ0) is 15.4. The standard InChI is InChI=1S/C13H16ClN5O2/c1-9(20)5-6-18(2)13(21)11-4-3-10(7-12(11)14)19-8-15-16-17-19/h3-4,7-9,20H,5-6H2,1-2H3. The number of carbonyl (C=O) groups is 1. The van der Waals surface area contributed by atoms with Gasteiger partial charge in [-0.25, -0.2) is 4.68 Å². The summed E-state index contributed by atoms with van der Waals surface area (Å²) in [4.78, 5) is 13.8. The summed E-state index contributed by atoms with van der Waals surface area (Å²) in [6, 6.07) is 4.99. The third kappa shape index (κ3) is 3.77. The highest BCUT2D eigenvalue weighted by Crippen LogP contribution is 2.21. The van der Waals surface area contributed by atoms with Crippen molar-refractivity contribution in [2.75, 3.05) is 13.6 Å². The van der Waals surface area contributed by atoms with Crippen molar-refractivity contribution in [3.63, 3.8) is 0 Å². The van der Waals surface area contributed by atoms with Gasteiger partial charge in [-0.05, 0) is 42.0 Å². The molecular weight excluding hydrogens is 294 g/mol. The molecule has 0 saturated heterocycles. The molecule has 0 bridgehead atoms. The van der Waals surface area contributed by atoms with E-state index in [4.69, 9.17) is 11.6 Å². The quantitative estimate of drug-likeness (QED) is 0.896. The van der Waals surface area contributed by atoms with Crippen LogP contribution in [-0.4, -0.2) is 55.8 Å². The van der Waals surface area contributed by atoms with Crippen LogP contribution in [0.3, 0.4) is 0 Å². The van der Waals surface area contributed by atoms with Gasteiger partial charge in [-0.15, -0.1) is 5.10 Å². The second kappa shape index (κ2) is 6.64. The minimum atomic E-state index is -0.446. The first kappa shape index (κ1) is 15.4. The molecule has 1 amide bonds. The van der Waals surface area contributed by atoms with Crippen molar-refractivity contribution in [2.45, 2.75) is 19.4 Å². The van der Waals surface area contributed by atoms with Crippen LogP contribution >= 0.6 is 11.6 Å². The molecule has 2 rings (SSSR count). The fourth-order valence-electron chi connectivity index (χ4n) is 1.79. The molecule has 8 heteroatoms. The van der Waals surface area contributed by atoms with E-state index in [1.54, 1.807) is 32.2 Å². The molecule has 1 atom stereocenters. The molecule has 0 saturated carbocycles. The smallest absolute Gasteiger partial charge is 0.255 e. The Morgan fingerprint density at radius 2 is 2.29 bits per heavy atom. The van der Waals surface area contributed by atoms with Crippen LogP contribution in [0.2, 0.25) is 5.02 Å². The number of carbonyl (C=O) groups excluding carboxylic acids is 1. The van der Waals surface area contributed by atoms with E-state index in [9.17, 15) is 9.90 Å². The molecule has 7 nitrogen and oxygen atoms in total. The van der Waals surface area contributed by atoms with Crippen LogP contribution < -0.4 is 0 Å². The van der Waals surface area contributed by atoms with E-state index in [2.05, 4.69) is 15.5 Å². The number of rotatable bonds is 5. The maximum absolute atomic E-state index is 12.3. The molecule has 1 unspecified atom stereocenters. The van der Waals surface area contributed by atoms with Crippen LogP contribution in [0, 0.1) is 0 Å². The number of hydrogen-bond donors (Lipinski definition) is 1. The minimum absolute atomic E-state index is 0.191. The summed E-state index contributed by atoms with van der Waals surface area (Å²) in [7, 11) is 1.68. The summed E-state index contributed by atoms with van der Waals surface area (Å²) < 4.78 is 1.46. The number of tetrazole rings is 1. The fourth-order valence-corrected chi connectivity index (χ4v) is 2.04. The van der Waals surface area contributed by atoms with Gasteiger partial charge in [-0.1, -0.05) is 11.6 Å². The Morgan fingerprint density at radius 1 is 1.52 bits per heavy atom. The van der Waals surface area contributed by atoms with Gasteiger partial charge in [0.1, 0.15) is 6.33 Å². The fraction of sp³-hybridized carbons (Fsp3) is 0.385. The van der Waals surface area contributed by atoms with Gasteiger partial charge in [-0.2, -0.15) is 0 Å². The Hall–Kier alpha value is -1.99. The van der Waals surface area contributed by atoms with E-state index in [1.165, 1.54) is 15.9 Å². The molecular formula is C13H16ClN5O2. The van der Waals surface area contributed by atoms with E-state index in [-0.39, 0.29) is 5.91 Å². The van der Waals surface area contributed by atoms with Crippen molar-refractivity contribution in [1.29, 1.82) is 0 Å². The molecule has 1 N–H and O–H groups in total. The lowest BCUT2D eigenvalue weighted by molar-refractivity contribution is 0.0769. The van der Waals surface area contributed by atoms with E-state index in [0.717, 1.165) is 0 Å². The summed E-state index contributed by atoms with van der Waals surface area (Å²) in [6.45, 7) is 2.15. The van der Waals surface area contributed by atoms with E-state index < -0.39 is 6.10 Å². The van der Waals surface area contributed by atoms with Gasteiger partial charge in [0.05, 0.1) is 22.4 Å². The van der Waals surface area contributed by atoms with Gasteiger partial charge < -0.3 is 10.0 Å². The molecule has 0 spiro atoms. The molecule has 112 valence electrons. The molecule has 0 aliphatic heterocycles. The SMILES string of the molecule is CC(O)CCN(C)C(=O)c1ccc(-n2cnnn2)cc1Cl. The molecule has 0 aliphatic rings. The molecule has 0 radical (unpaired) electrons. The first-order chi connectivity index (χ1) is 9.99. The van der Waals surface area contributed by atoms with Crippen molar-refractivity contribution in [2.24, 2.45) is 0 Å². The van der Waals surface area contributed by atoms with Crippen molar-refractivity contribution in [3.8, 4) is 5.69 Å². The van der Waals surface area contributed by atoms with Crippen LogP contribution in [0.15, 0.2) is 24.5 Å². The number of aliphatic hydroxyl groups excluding tert-OH is 1. The van der Waals surface area contributed by atoms with Gasteiger partial charge >= 0.3 is 0 Å². The molecule has 1 aromatic carbocycles. The normalized spacial score (nSPS) is 12.2. The zero-order valence-electron chi connectivity index (χ0n) is 11.8. The Kier molecular flexibility index (Phi) is 4.87. The first-order valence-corrected chi connectivity index (χ1v) is 6.83. The summed E-state index contributed by atoms with van der Waals surface area (Å²) in [5.74, 6) is -0.191. The van der Waals surface area contributed by atoms with E-state index in [0.29, 0.717) is 29.2 Å². The summed E-state index contributed by atoms with van der Waals surface area (Å²) >= 11 is 6.17. The highest BCUT2D eigenvalue weighted by molar-refractivity contribution is 6.34. The Morgan fingerprint density at radius 3 is 2.86 bits per heavy atom. The van der Waals surface area contributed by atoms with Gasteiger partial charge in [-0.3, -0.25) is 4.79 Å². The Balaban J connectivity index is 2.15. The molecule has 0 fully saturated rings. The minimum Gasteiger partial charge on any atom is -0.393 e. The van der Waals surface area contributed by atoms with Crippen molar-refractivity contribution in [1.82, 2.24) is 25.1 Å². The second-order valence-electron chi connectivity index (χ2n) is 4.78. The molecule has 1 heterocycles. The van der Waals surface area contributed by atoms with Crippen LogP contribution in [0.4, 0.5) is 0 Å². The third-order valence-electron chi connectivity index (χ3n) is 3.03. The average molecular weight is 310 g/mol. The van der Waals surface area contributed by atoms with Gasteiger partial charge in [0.15, 0.2) is 0 Å². The number of nitrogens with zero attached hydrogens (tertiary/aromatic N) is 5. The number of aliphatic hydroxyl groups is 1. The predicted octanol–water partition coefficient (Wildman–Crippen LogP) is 1.16. The Labute approximate surface area is 127 Å². The summed E-state index contributed by atoms with van der Waals surface area (Å²) in [5, 5.41) is 20.4. The average Bonchev–Trinajstić information content (AvgIpc) is 2.98. The number of benzene rings is 1. The van der Waals surface area contributed by atoms with Crippen LogP contribution in [0.1, 0.15) is 23.7 Å². The van der Waals surface area contributed by atoms with Gasteiger partial charge in [0.25, 0.3) is 5.91 Å². The van der Waals surface area contributed by atoms with Crippen molar-refractivity contribution >= 4 is 17.5 Å². The molecule has 2 aromatic rings. The maximum Gasteiger partial charge on any atom is 0.255 e. The first-order valence-electron chi connectivity index (χ1n) is 6.45. The lowest BCUT2D eigenvalue weighted by atomic mass is 10.1. The van der Waals surface area contributed by atoms with Gasteiger partial charge in [0.2, 0.25) is 0 Å². The number of hydrogen-bond acceptors (Lipinski definition) is 5. The highest BCUT2D eigenvalue weighted by atomic mass is 35.5. The monoisotopic (exact) mass is 309 g/mol. The lowest BCUT2D eigenvalue weighted by Crippen LogP contribution is -2.29. The van der Waals surface area contributed by atoms with Crippen LogP contribution in [0.5, 0.6) is 0 Å². The predicted molar refractivity (Wildman–Crippen MR) is 77.4 cm³/mol. The number of halogens is 1. The number of amides is 1. The largest absolute Gasteiger partial charge is 0.393 e. The van der Waals surface area contributed by atoms with E-state index in [1.807, 2.05) is 0 Å². The maximum atomic E-state index is 12.3. The molecule has 1 aromatic heterocycles. The van der Waals surface area contributed by atoms with Crippen molar-refractivity contribution < 1.29 is 9.90 Å². The molecule has 21 heavy (non-hydrogen) atoms. The molecule has 0 aliphatic carbocycles. The van der Waals surface area contributed by atoms with Crippen molar-refractivity contribution in [3.05, 3.63) is 35.1 Å². The summed E-state index contributed by atoms with van der Waals surface area (Å²) in [6.07, 6.45) is 1.52. The van der Waals surface area contributed by atoms with E-state index >= 15 is 0 Å². The zero-order valence-corrected chi connectivity index (χ0v) is 12.5. The van der Waals surface area contributed by atoms with Crippen LogP contribution in [0.25, 0.3) is 5.69 Å². The summed E-state index contributed by atoms with van der Waals surface area (Å²) in [5.41, 5.74) is 1.08. The van der Waals surface area contributed by atoms with Gasteiger partial charge in [0, 0.05) is 13.6 Å². The third-order valence-corrected chi connectivity index (χ3v) is 3.34. The Bertz CT molecular complexity index is 615. The lowest BCUT2D eigenvalue weighted by Gasteiger charge is -2.19. The topological polar surface area (TPSA) is 84.1 Å². The number of aromatic nitrogens is 4. The van der Waals surface area contributed by atoms with Crippen LogP contribution in [-0.2, 0) is 0 Å². The second-order valence-corrected chi connectivity index (χ2v) is 5.19. The highest BCUT2D eigenvalue weighted by Gasteiger charge is 2.16.